The van der Waals surface area contributed by atoms with Gasteiger partial charge in [-0.15, -0.1) is 0 Å². The summed E-state index contributed by atoms with van der Waals surface area (Å²) < 4.78 is 0. The number of benzene rings is 2. The molecule has 0 aliphatic carbocycles. The standard InChI is InChI=1S/C23H24ClN3O3/c1-2-15-5-8-18(9-6-15)27-14-16(12-22(27)29)23(30)25-17-7-10-20(19(24)13-17)26-11-3-4-21(26)28/h5-10,13,16H,2-4,11-12,14H2,1H3,(H,25,30)/t16-/m1/s1. The average molecular weight is 426 g/mol. The third-order valence-electron chi connectivity index (χ3n) is 5.73. The van der Waals surface area contributed by atoms with Gasteiger partial charge in [0.15, 0.2) is 0 Å². The van der Waals surface area contributed by atoms with Crippen molar-refractivity contribution in [1.29, 1.82) is 0 Å². The molecule has 0 bridgehead atoms. The molecule has 2 aromatic carbocycles. The monoisotopic (exact) mass is 425 g/mol. The number of hydrogen-bond donors (Lipinski definition) is 1. The van der Waals surface area contributed by atoms with E-state index in [4.69, 9.17) is 11.6 Å². The van der Waals surface area contributed by atoms with E-state index in [1.165, 1.54) is 5.56 Å². The van der Waals surface area contributed by atoms with Crippen LogP contribution in [-0.2, 0) is 20.8 Å². The molecular weight excluding hydrogens is 402 g/mol. The SMILES string of the molecule is CCc1ccc(N2C[C@H](C(=O)Nc3ccc(N4CCCC4=O)c(Cl)c3)CC2=O)cc1. The number of halogens is 1. The molecule has 0 unspecified atom stereocenters. The number of rotatable bonds is 5. The molecule has 2 aliphatic rings. The Hall–Kier alpha value is -2.86. The Balaban J connectivity index is 1.42. The van der Waals surface area contributed by atoms with E-state index in [1.807, 2.05) is 24.3 Å². The second-order valence-electron chi connectivity index (χ2n) is 7.73. The van der Waals surface area contributed by atoms with Gasteiger partial charge in [0.05, 0.1) is 16.6 Å². The second-order valence-corrected chi connectivity index (χ2v) is 8.14. The molecule has 2 aromatic rings. The fourth-order valence-corrected chi connectivity index (χ4v) is 4.28. The highest BCUT2D eigenvalue weighted by Gasteiger charge is 2.35. The minimum Gasteiger partial charge on any atom is -0.326 e. The molecule has 0 spiro atoms. The molecule has 156 valence electrons. The summed E-state index contributed by atoms with van der Waals surface area (Å²) in [5, 5.41) is 3.28. The normalized spacial score (nSPS) is 18.9. The zero-order chi connectivity index (χ0) is 21.3. The van der Waals surface area contributed by atoms with Gasteiger partial charge in [-0.05, 0) is 48.7 Å². The van der Waals surface area contributed by atoms with Crippen LogP contribution in [0.15, 0.2) is 42.5 Å². The quantitative estimate of drug-likeness (QED) is 0.786. The number of hydrogen-bond acceptors (Lipinski definition) is 3. The minimum atomic E-state index is -0.429. The van der Waals surface area contributed by atoms with E-state index in [-0.39, 0.29) is 24.1 Å². The summed E-state index contributed by atoms with van der Waals surface area (Å²) in [5.74, 6) is -0.635. The van der Waals surface area contributed by atoms with Crippen molar-refractivity contribution in [2.24, 2.45) is 5.92 Å². The molecule has 2 saturated heterocycles. The van der Waals surface area contributed by atoms with Gasteiger partial charge >= 0.3 is 0 Å². The smallest absolute Gasteiger partial charge is 0.229 e. The van der Waals surface area contributed by atoms with Crippen molar-refractivity contribution < 1.29 is 14.4 Å². The number of carbonyl (C=O) groups is 3. The molecule has 0 radical (unpaired) electrons. The van der Waals surface area contributed by atoms with Crippen LogP contribution in [0.25, 0.3) is 0 Å². The molecule has 0 aromatic heterocycles. The Morgan fingerprint density at radius 2 is 1.87 bits per heavy atom. The van der Waals surface area contributed by atoms with Gasteiger partial charge in [0.2, 0.25) is 17.7 Å². The minimum absolute atomic E-state index is 0.0553. The Morgan fingerprint density at radius 1 is 1.10 bits per heavy atom. The summed E-state index contributed by atoms with van der Waals surface area (Å²) >= 11 is 6.36. The topological polar surface area (TPSA) is 69.7 Å². The van der Waals surface area contributed by atoms with Crippen LogP contribution in [0.1, 0.15) is 31.7 Å². The van der Waals surface area contributed by atoms with E-state index in [1.54, 1.807) is 28.0 Å². The van der Waals surface area contributed by atoms with Crippen molar-refractivity contribution >= 4 is 46.4 Å². The summed E-state index contributed by atoms with van der Waals surface area (Å²) in [6.07, 6.45) is 2.46. The zero-order valence-corrected chi connectivity index (χ0v) is 17.6. The van der Waals surface area contributed by atoms with E-state index in [9.17, 15) is 14.4 Å². The van der Waals surface area contributed by atoms with Crippen LogP contribution in [0.2, 0.25) is 5.02 Å². The van der Waals surface area contributed by atoms with Gasteiger partial charge in [-0.1, -0.05) is 30.7 Å². The average Bonchev–Trinajstić information content (AvgIpc) is 3.34. The number of nitrogens with zero attached hydrogens (tertiary/aromatic N) is 2. The molecule has 0 saturated carbocycles. The molecular formula is C23H24ClN3O3. The maximum absolute atomic E-state index is 12.7. The summed E-state index contributed by atoms with van der Waals surface area (Å²) in [5.41, 5.74) is 3.24. The number of carbonyl (C=O) groups excluding carboxylic acids is 3. The van der Waals surface area contributed by atoms with Crippen molar-refractivity contribution in [1.82, 2.24) is 0 Å². The number of anilines is 3. The first-order chi connectivity index (χ1) is 14.5. The largest absolute Gasteiger partial charge is 0.326 e. The van der Waals surface area contributed by atoms with E-state index >= 15 is 0 Å². The van der Waals surface area contributed by atoms with E-state index in [0.717, 1.165) is 18.5 Å². The van der Waals surface area contributed by atoms with Gasteiger partial charge in [-0.3, -0.25) is 14.4 Å². The Morgan fingerprint density at radius 3 is 2.50 bits per heavy atom. The fourth-order valence-electron chi connectivity index (χ4n) is 4.00. The first-order valence-corrected chi connectivity index (χ1v) is 10.6. The molecule has 2 heterocycles. The highest BCUT2D eigenvalue weighted by atomic mass is 35.5. The van der Waals surface area contributed by atoms with E-state index < -0.39 is 5.92 Å². The predicted molar refractivity (Wildman–Crippen MR) is 118 cm³/mol. The number of amides is 3. The lowest BCUT2D eigenvalue weighted by Crippen LogP contribution is -2.28. The van der Waals surface area contributed by atoms with Crippen molar-refractivity contribution in [2.45, 2.75) is 32.6 Å². The maximum atomic E-state index is 12.7. The molecule has 6 nitrogen and oxygen atoms in total. The molecule has 30 heavy (non-hydrogen) atoms. The van der Waals surface area contributed by atoms with Crippen LogP contribution in [0, 0.1) is 5.92 Å². The third-order valence-corrected chi connectivity index (χ3v) is 6.03. The lowest BCUT2D eigenvalue weighted by Gasteiger charge is -2.19. The molecule has 3 amide bonds. The zero-order valence-electron chi connectivity index (χ0n) is 16.9. The van der Waals surface area contributed by atoms with Crippen LogP contribution in [0.5, 0.6) is 0 Å². The Bertz CT molecular complexity index is 990. The van der Waals surface area contributed by atoms with Crippen LogP contribution < -0.4 is 15.1 Å². The van der Waals surface area contributed by atoms with Crippen LogP contribution in [0.4, 0.5) is 17.1 Å². The predicted octanol–water partition coefficient (Wildman–Crippen LogP) is 4.02. The van der Waals surface area contributed by atoms with E-state index in [0.29, 0.717) is 35.9 Å². The highest BCUT2D eigenvalue weighted by molar-refractivity contribution is 6.34. The molecule has 1 N–H and O–H groups in total. The summed E-state index contributed by atoms with van der Waals surface area (Å²) in [7, 11) is 0. The first-order valence-electron chi connectivity index (χ1n) is 10.3. The van der Waals surface area contributed by atoms with Crippen molar-refractivity contribution in [3.63, 3.8) is 0 Å². The van der Waals surface area contributed by atoms with Crippen molar-refractivity contribution in [2.75, 3.05) is 28.2 Å². The van der Waals surface area contributed by atoms with Crippen LogP contribution in [0.3, 0.4) is 0 Å². The second kappa shape index (κ2) is 8.48. The van der Waals surface area contributed by atoms with E-state index in [2.05, 4.69) is 12.2 Å². The lowest BCUT2D eigenvalue weighted by molar-refractivity contribution is -0.122. The Labute approximate surface area is 180 Å². The highest BCUT2D eigenvalue weighted by Crippen LogP contribution is 2.32. The Kier molecular flexibility index (Phi) is 5.77. The molecule has 4 rings (SSSR count). The molecule has 1 atom stereocenters. The van der Waals surface area contributed by atoms with Gasteiger partial charge in [0.1, 0.15) is 0 Å². The van der Waals surface area contributed by atoms with Gasteiger partial charge in [-0.25, -0.2) is 0 Å². The number of nitrogens with one attached hydrogen (secondary N) is 1. The first kappa shape index (κ1) is 20.4. The van der Waals surface area contributed by atoms with Gasteiger partial charge in [0.25, 0.3) is 0 Å². The van der Waals surface area contributed by atoms with Gasteiger partial charge in [0, 0.05) is 37.3 Å². The van der Waals surface area contributed by atoms with Gasteiger partial charge < -0.3 is 15.1 Å². The summed E-state index contributed by atoms with van der Waals surface area (Å²) in [6, 6.07) is 13.0. The number of aryl methyl sites for hydroxylation is 1. The summed E-state index contributed by atoms with van der Waals surface area (Å²) in [6.45, 7) is 3.09. The fraction of sp³-hybridized carbons (Fsp3) is 0.348. The third kappa shape index (κ3) is 4.05. The molecule has 7 heteroatoms. The van der Waals surface area contributed by atoms with Crippen LogP contribution >= 0.6 is 11.6 Å². The van der Waals surface area contributed by atoms with Crippen LogP contribution in [-0.4, -0.2) is 30.8 Å². The maximum Gasteiger partial charge on any atom is 0.229 e. The summed E-state index contributed by atoms with van der Waals surface area (Å²) in [4.78, 5) is 40.5. The molecule has 2 aliphatic heterocycles. The lowest BCUT2D eigenvalue weighted by atomic mass is 10.1. The molecule has 2 fully saturated rings. The van der Waals surface area contributed by atoms with Crippen molar-refractivity contribution in [3.8, 4) is 0 Å². The van der Waals surface area contributed by atoms with Crippen molar-refractivity contribution in [3.05, 3.63) is 53.1 Å². The van der Waals surface area contributed by atoms with Gasteiger partial charge in [-0.2, -0.15) is 0 Å².